The van der Waals surface area contributed by atoms with Gasteiger partial charge in [0.25, 0.3) is 0 Å². The van der Waals surface area contributed by atoms with Crippen molar-refractivity contribution in [2.45, 2.75) is 51.6 Å². The molecule has 36 heavy (non-hydrogen) atoms. The number of likely N-dealkylation sites (tertiary alicyclic amines) is 2. The van der Waals surface area contributed by atoms with E-state index in [1.807, 2.05) is 0 Å². The molecule has 0 aromatic rings. The second-order valence-electron chi connectivity index (χ2n) is 8.97. The smallest absolute Gasteiger partial charge is 0.322 e. The number of carboxylic acid groups (broad SMARTS) is 2. The summed E-state index contributed by atoms with van der Waals surface area (Å²) in [4.78, 5) is 74.7. The Hall–Kier alpha value is -2.48. The third-order valence-electron chi connectivity index (χ3n) is 6.07. The average Bonchev–Trinajstić information content (AvgIpc) is 3.52. The van der Waals surface area contributed by atoms with E-state index in [1.165, 1.54) is 31.4 Å². The van der Waals surface area contributed by atoms with Gasteiger partial charge in [-0.05, 0) is 25.7 Å². The Morgan fingerprint density at radius 1 is 0.750 bits per heavy atom. The lowest BCUT2D eigenvalue weighted by molar-refractivity contribution is -0.142. The summed E-state index contributed by atoms with van der Waals surface area (Å²) < 4.78 is 0. The fourth-order valence-electron chi connectivity index (χ4n) is 4.18. The standard InChI is InChI=1S/C22H34N4O8S2/c1-13(21(33)25-7-3-5-15(25)19(31)23-9-17(27)28)11-35-36-12-14(2)22(34)26-8-4-6-16(26)20(32)24-10-18(29)30/h13-16H,3-12H2,1-2H3,(H,23,31)(H,24,32)(H,27,28)(H,29,30)/t13?,14?,15-,16-/m0/s1. The number of nitrogens with one attached hydrogen (secondary N) is 2. The minimum Gasteiger partial charge on any atom is -0.480 e. The molecule has 2 fully saturated rings. The van der Waals surface area contributed by atoms with Gasteiger partial charge in [-0.3, -0.25) is 28.8 Å². The van der Waals surface area contributed by atoms with E-state index >= 15 is 0 Å². The van der Waals surface area contributed by atoms with Gasteiger partial charge in [0.1, 0.15) is 25.2 Å². The molecular formula is C22H34N4O8S2. The Morgan fingerprint density at radius 2 is 1.11 bits per heavy atom. The molecule has 4 amide bonds. The van der Waals surface area contributed by atoms with Gasteiger partial charge in [0.2, 0.25) is 23.6 Å². The summed E-state index contributed by atoms with van der Waals surface area (Å²) in [5.41, 5.74) is 0. The van der Waals surface area contributed by atoms with Gasteiger partial charge in [0.05, 0.1) is 0 Å². The number of rotatable bonds is 13. The van der Waals surface area contributed by atoms with Crippen LogP contribution in [0.1, 0.15) is 39.5 Å². The molecular weight excluding hydrogens is 512 g/mol. The van der Waals surface area contributed by atoms with E-state index in [2.05, 4.69) is 10.6 Å². The molecule has 0 bridgehead atoms. The maximum absolute atomic E-state index is 12.9. The Morgan fingerprint density at radius 3 is 1.44 bits per heavy atom. The van der Waals surface area contributed by atoms with E-state index in [0.29, 0.717) is 50.3 Å². The molecule has 0 aromatic carbocycles. The number of carboxylic acids is 2. The summed E-state index contributed by atoms with van der Waals surface area (Å²) >= 11 is 0. The van der Waals surface area contributed by atoms with E-state index in [-0.39, 0.29) is 23.7 Å². The third kappa shape index (κ3) is 8.57. The van der Waals surface area contributed by atoms with Crippen LogP contribution in [0, 0.1) is 11.8 Å². The van der Waals surface area contributed by atoms with Crippen LogP contribution in [0.25, 0.3) is 0 Å². The predicted octanol–water partition coefficient (Wildman–Crippen LogP) is 0.0236. The molecule has 0 saturated carbocycles. The van der Waals surface area contributed by atoms with Crippen molar-refractivity contribution in [2.24, 2.45) is 11.8 Å². The summed E-state index contributed by atoms with van der Waals surface area (Å²) in [5, 5.41) is 22.2. The van der Waals surface area contributed by atoms with Gasteiger partial charge in [0, 0.05) is 36.4 Å². The van der Waals surface area contributed by atoms with Crippen molar-refractivity contribution in [2.75, 3.05) is 37.7 Å². The molecule has 0 radical (unpaired) electrons. The van der Waals surface area contributed by atoms with E-state index in [0.717, 1.165) is 0 Å². The fraction of sp³-hybridized carbons (Fsp3) is 0.727. The normalized spacial score (nSPS) is 21.1. The van der Waals surface area contributed by atoms with Crippen LogP contribution in [-0.2, 0) is 28.8 Å². The van der Waals surface area contributed by atoms with Crippen molar-refractivity contribution in [3.63, 3.8) is 0 Å². The molecule has 2 saturated heterocycles. The minimum atomic E-state index is -1.14. The number of carbonyl (C=O) groups is 6. The number of aliphatic carboxylic acids is 2. The minimum absolute atomic E-state index is 0.160. The predicted molar refractivity (Wildman–Crippen MR) is 134 cm³/mol. The van der Waals surface area contributed by atoms with E-state index in [1.54, 1.807) is 13.8 Å². The molecule has 0 spiro atoms. The van der Waals surface area contributed by atoms with Crippen LogP contribution in [0.5, 0.6) is 0 Å². The molecule has 0 aromatic heterocycles. The van der Waals surface area contributed by atoms with Crippen molar-refractivity contribution in [1.82, 2.24) is 20.4 Å². The van der Waals surface area contributed by atoms with Crippen molar-refractivity contribution >= 4 is 57.2 Å². The van der Waals surface area contributed by atoms with Gasteiger partial charge in [-0.1, -0.05) is 35.4 Å². The highest BCUT2D eigenvalue weighted by Crippen LogP contribution is 2.30. The van der Waals surface area contributed by atoms with E-state index in [4.69, 9.17) is 10.2 Å². The molecule has 2 heterocycles. The summed E-state index contributed by atoms with van der Waals surface area (Å²) in [5.74, 6) is -3.28. The molecule has 2 aliphatic rings. The summed E-state index contributed by atoms with van der Waals surface area (Å²) in [6.45, 7) is 3.49. The zero-order chi connectivity index (χ0) is 26.8. The van der Waals surface area contributed by atoms with Crippen LogP contribution in [0.15, 0.2) is 0 Å². The SMILES string of the molecule is CC(CSSCC(C)C(=O)N1CCC[C@H]1C(=O)NCC(=O)O)C(=O)N1CCC[C@H]1C(=O)NCC(=O)O. The quantitative estimate of drug-likeness (QED) is 0.182. The number of hydrogen-bond donors (Lipinski definition) is 4. The molecule has 2 aliphatic heterocycles. The highest BCUT2D eigenvalue weighted by Gasteiger charge is 2.37. The van der Waals surface area contributed by atoms with Crippen molar-refractivity contribution in [3.05, 3.63) is 0 Å². The maximum atomic E-state index is 12.9. The number of hydrogen-bond acceptors (Lipinski definition) is 8. The zero-order valence-electron chi connectivity index (χ0n) is 20.4. The summed E-state index contributed by atoms with van der Waals surface area (Å²) in [6.07, 6.45) is 2.35. The lowest BCUT2D eigenvalue weighted by Crippen LogP contribution is -2.48. The topological polar surface area (TPSA) is 173 Å². The van der Waals surface area contributed by atoms with Gasteiger partial charge >= 0.3 is 11.9 Å². The highest BCUT2D eigenvalue weighted by atomic mass is 33.1. The molecule has 4 N–H and O–H groups in total. The lowest BCUT2D eigenvalue weighted by atomic mass is 10.1. The second-order valence-corrected chi connectivity index (χ2v) is 11.5. The maximum Gasteiger partial charge on any atom is 0.322 e. The number of amides is 4. The first-order chi connectivity index (χ1) is 17.0. The Balaban J connectivity index is 1.76. The fourth-order valence-corrected chi connectivity index (χ4v) is 6.86. The second kappa shape index (κ2) is 14.3. The Bertz CT molecular complexity index is 790. The van der Waals surface area contributed by atoms with Crippen LogP contribution in [0.3, 0.4) is 0 Å². The summed E-state index contributed by atoms with van der Waals surface area (Å²) in [7, 11) is 2.91. The molecule has 202 valence electrons. The van der Waals surface area contributed by atoms with Crippen molar-refractivity contribution in [3.8, 4) is 0 Å². The molecule has 2 rings (SSSR count). The lowest BCUT2D eigenvalue weighted by Gasteiger charge is -2.27. The first-order valence-corrected chi connectivity index (χ1v) is 14.4. The zero-order valence-corrected chi connectivity index (χ0v) is 22.1. The van der Waals surface area contributed by atoms with Gasteiger partial charge in [0.15, 0.2) is 0 Å². The molecule has 2 unspecified atom stereocenters. The van der Waals surface area contributed by atoms with Crippen molar-refractivity contribution in [1.29, 1.82) is 0 Å². The van der Waals surface area contributed by atoms with E-state index in [9.17, 15) is 28.8 Å². The third-order valence-corrected chi connectivity index (χ3v) is 8.82. The van der Waals surface area contributed by atoms with Gasteiger partial charge in [-0.25, -0.2) is 0 Å². The van der Waals surface area contributed by atoms with Gasteiger partial charge < -0.3 is 30.6 Å². The first kappa shape index (κ1) is 29.7. The number of carbonyl (C=O) groups excluding carboxylic acids is 4. The monoisotopic (exact) mass is 546 g/mol. The average molecular weight is 547 g/mol. The van der Waals surface area contributed by atoms with Crippen LogP contribution in [0.2, 0.25) is 0 Å². The van der Waals surface area contributed by atoms with E-state index < -0.39 is 48.9 Å². The van der Waals surface area contributed by atoms with Gasteiger partial charge in [-0.15, -0.1) is 0 Å². The highest BCUT2D eigenvalue weighted by molar-refractivity contribution is 8.76. The van der Waals surface area contributed by atoms with Crippen LogP contribution in [-0.4, -0.2) is 105 Å². The molecule has 14 heteroatoms. The molecule has 0 aliphatic carbocycles. The van der Waals surface area contributed by atoms with Crippen LogP contribution in [0.4, 0.5) is 0 Å². The van der Waals surface area contributed by atoms with Crippen LogP contribution >= 0.6 is 21.6 Å². The van der Waals surface area contributed by atoms with Crippen molar-refractivity contribution < 1.29 is 39.0 Å². The van der Waals surface area contributed by atoms with Crippen LogP contribution < -0.4 is 10.6 Å². The first-order valence-electron chi connectivity index (χ1n) is 11.9. The largest absolute Gasteiger partial charge is 0.480 e. The Kier molecular flexibility index (Phi) is 11.8. The summed E-state index contributed by atoms with van der Waals surface area (Å²) in [6, 6.07) is -1.31. The molecule has 4 atom stereocenters. The van der Waals surface area contributed by atoms with Gasteiger partial charge in [-0.2, -0.15) is 0 Å². The number of nitrogens with zero attached hydrogens (tertiary/aromatic N) is 2. The Labute approximate surface area is 217 Å². The molecule has 12 nitrogen and oxygen atoms in total.